The van der Waals surface area contributed by atoms with Gasteiger partial charge in [-0.2, -0.15) is 0 Å². The van der Waals surface area contributed by atoms with Gasteiger partial charge >= 0.3 is 6.09 Å². The number of Topliss-reactive ketones (excluding diaryl/α,β-unsaturated/α-hetero) is 1. The molecule has 1 aliphatic heterocycles. The van der Waals surface area contributed by atoms with Crippen LogP contribution in [-0.4, -0.2) is 48.2 Å². The lowest BCUT2D eigenvalue weighted by Gasteiger charge is -2.36. The van der Waals surface area contributed by atoms with E-state index in [2.05, 4.69) is 6.08 Å². The van der Waals surface area contributed by atoms with Crippen molar-refractivity contribution in [1.29, 1.82) is 0 Å². The van der Waals surface area contributed by atoms with Crippen LogP contribution >= 0.6 is 0 Å². The van der Waals surface area contributed by atoms with Crippen molar-refractivity contribution < 1.29 is 19.1 Å². The first kappa shape index (κ1) is 18.0. The molecular formula is C18H29NO4. The van der Waals surface area contributed by atoms with Crippen molar-refractivity contribution in [2.24, 2.45) is 0 Å². The van der Waals surface area contributed by atoms with Crippen molar-refractivity contribution >= 4 is 11.9 Å². The van der Waals surface area contributed by atoms with E-state index < -0.39 is 17.7 Å². The van der Waals surface area contributed by atoms with Crippen molar-refractivity contribution in [2.45, 2.75) is 70.9 Å². The minimum atomic E-state index is -0.567. The number of rotatable bonds is 2. The fourth-order valence-electron chi connectivity index (χ4n) is 2.99. The van der Waals surface area contributed by atoms with E-state index in [1.54, 1.807) is 0 Å². The predicted molar refractivity (Wildman–Crippen MR) is 88.3 cm³/mol. The van der Waals surface area contributed by atoms with Crippen LogP contribution in [0, 0.1) is 0 Å². The summed E-state index contributed by atoms with van der Waals surface area (Å²) in [4.78, 5) is 26.9. The number of carbonyl (C=O) groups excluding carboxylic acids is 2. The first-order valence-electron chi connectivity index (χ1n) is 8.69. The van der Waals surface area contributed by atoms with E-state index in [4.69, 9.17) is 9.47 Å². The number of allylic oxidation sites excluding steroid dienone is 1. The molecule has 130 valence electrons. The van der Waals surface area contributed by atoms with E-state index in [1.165, 1.54) is 17.7 Å². The SMILES string of the molecule is CC(C)(C)OC(=O)N1CCOCC1C(=O)C1=CCCCCCC1. The lowest BCUT2D eigenvalue weighted by molar-refractivity contribution is -0.126. The minimum Gasteiger partial charge on any atom is -0.444 e. The standard InChI is InChI=1S/C18H29NO4/c1-18(2,3)23-17(21)19-11-12-22-13-15(19)16(20)14-9-7-5-4-6-8-10-14/h9,15H,4-8,10-13H2,1-3H3. The quantitative estimate of drug-likeness (QED) is 0.781. The molecule has 5 nitrogen and oxygen atoms in total. The predicted octanol–water partition coefficient (Wildman–Crippen LogP) is 3.47. The van der Waals surface area contributed by atoms with Gasteiger partial charge in [0.1, 0.15) is 11.6 Å². The summed E-state index contributed by atoms with van der Waals surface area (Å²) in [6, 6.07) is -0.552. The Morgan fingerprint density at radius 2 is 1.96 bits per heavy atom. The molecule has 5 heteroatoms. The van der Waals surface area contributed by atoms with Crippen molar-refractivity contribution in [3.8, 4) is 0 Å². The lowest BCUT2D eigenvalue weighted by Crippen LogP contribution is -2.54. The molecule has 0 aromatic rings. The molecule has 0 spiro atoms. The van der Waals surface area contributed by atoms with E-state index in [9.17, 15) is 9.59 Å². The van der Waals surface area contributed by atoms with Crippen molar-refractivity contribution in [1.82, 2.24) is 4.90 Å². The average molecular weight is 323 g/mol. The monoisotopic (exact) mass is 323 g/mol. The molecule has 1 fully saturated rings. The smallest absolute Gasteiger partial charge is 0.411 e. The first-order valence-corrected chi connectivity index (χ1v) is 8.69. The van der Waals surface area contributed by atoms with Crippen molar-refractivity contribution in [3.63, 3.8) is 0 Å². The normalized spacial score (nSPS) is 23.5. The van der Waals surface area contributed by atoms with Gasteiger partial charge in [-0.05, 0) is 52.0 Å². The van der Waals surface area contributed by atoms with Gasteiger partial charge in [-0.1, -0.05) is 18.9 Å². The van der Waals surface area contributed by atoms with Crippen LogP contribution in [0.3, 0.4) is 0 Å². The Hall–Kier alpha value is -1.36. The second-order valence-electron chi connectivity index (χ2n) is 7.31. The highest BCUT2D eigenvalue weighted by atomic mass is 16.6. The largest absolute Gasteiger partial charge is 0.444 e. The summed E-state index contributed by atoms with van der Waals surface area (Å²) in [5.41, 5.74) is 0.288. The van der Waals surface area contributed by atoms with Crippen LogP contribution in [0.1, 0.15) is 59.3 Å². The fourth-order valence-corrected chi connectivity index (χ4v) is 2.99. The highest BCUT2D eigenvalue weighted by molar-refractivity contribution is 6.01. The first-order chi connectivity index (χ1) is 10.9. The van der Waals surface area contributed by atoms with Gasteiger partial charge < -0.3 is 9.47 Å². The molecule has 0 bridgehead atoms. The van der Waals surface area contributed by atoms with Crippen molar-refractivity contribution in [3.05, 3.63) is 11.6 Å². The molecule has 23 heavy (non-hydrogen) atoms. The minimum absolute atomic E-state index is 0.0254. The summed E-state index contributed by atoms with van der Waals surface area (Å²) in [5, 5.41) is 0. The number of hydrogen-bond donors (Lipinski definition) is 0. The van der Waals surface area contributed by atoms with Crippen molar-refractivity contribution in [2.75, 3.05) is 19.8 Å². The molecule has 1 saturated heterocycles. The molecule has 1 atom stereocenters. The second-order valence-corrected chi connectivity index (χ2v) is 7.31. The number of ether oxygens (including phenoxy) is 2. The Balaban J connectivity index is 2.10. The van der Waals surface area contributed by atoms with Gasteiger partial charge in [0.25, 0.3) is 0 Å². The maximum atomic E-state index is 12.9. The maximum absolute atomic E-state index is 12.9. The van der Waals surface area contributed by atoms with Gasteiger partial charge in [0, 0.05) is 6.54 Å². The molecular weight excluding hydrogens is 294 g/mol. The molecule has 1 heterocycles. The molecule has 2 rings (SSSR count). The van der Waals surface area contributed by atoms with Crippen LogP contribution in [0.5, 0.6) is 0 Å². The zero-order chi connectivity index (χ0) is 16.9. The van der Waals surface area contributed by atoms with Crippen LogP contribution < -0.4 is 0 Å². The van der Waals surface area contributed by atoms with Gasteiger partial charge in [-0.15, -0.1) is 0 Å². The number of amides is 1. The fraction of sp³-hybridized carbons (Fsp3) is 0.778. The third kappa shape index (κ3) is 5.34. The molecule has 0 radical (unpaired) electrons. The van der Waals surface area contributed by atoms with E-state index >= 15 is 0 Å². The average Bonchev–Trinajstić information content (AvgIpc) is 2.44. The number of morpholine rings is 1. The Morgan fingerprint density at radius 1 is 1.22 bits per heavy atom. The maximum Gasteiger partial charge on any atom is 0.411 e. The van der Waals surface area contributed by atoms with Gasteiger partial charge in [0.05, 0.1) is 13.2 Å². The molecule has 0 N–H and O–H groups in total. The third-order valence-corrected chi connectivity index (χ3v) is 4.17. The number of hydrogen-bond acceptors (Lipinski definition) is 4. The number of ketones is 1. The topological polar surface area (TPSA) is 55.8 Å². The summed E-state index contributed by atoms with van der Waals surface area (Å²) in [6.45, 7) is 6.61. The van der Waals surface area contributed by atoms with E-state index in [1.807, 2.05) is 20.8 Å². The molecule has 0 aromatic heterocycles. The summed E-state index contributed by atoms with van der Waals surface area (Å²) < 4.78 is 10.9. The molecule has 1 aliphatic carbocycles. The molecule has 0 aromatic carbocycles. The summed E-state index contributed by atoms with van der Waals surface area (Å²) in [6.07, 6.45) is 7.95. The van der Waals surface area contributed by atoms with Crippen LogP contribution in [0.2, 0.25) is 0 Å². The summed E-state index contributed by atoms with van der Waals surface area (Å²) >= 11 is 0. The molecule has 1 amide bonds. The zero-order valence-electron chi connectivity index (χ0n) is 14.6. The zero-order valence-corrected chi connectivity index (χ0v) is 14.6. The van der Waals surface area contributed by atoms with Crippen LogP contribution in [-0.2, 0) is 14.3 Å². The second kappa shape index (κ2) is 7.95. The Labute approximate surface area is 139 Å². The van der Waals surface area contributed by atoms with Gasteiger partial charge in [-0.3, -0.25) is 9.69 Å². The number of carbonyl (C=O) groups is 2. The summed E-state index contributed by atoms with van der Waals surface area (Å²) in [7, 11) is 0. The van der Waals surface area contributed by atoms with Gasteiger partial charge in [-0.25, -0.2) is 4.79 Å². The Morgan fingerprint density at radius 3 is 2.70 bits per heavy atom. The van der Waals surface area contributed by atoms with E-state index in [-0.39, 0.29) is 12.4 Å². The molecule has 1 unspecified atom stereocenters. The van der Waals surface area contributed by atoms with Crippen LogP contribution in [0.4, 0.5) is 4.79 Å². The third-order valence-electron chi connectivity index (χ3n) is 4.17. The van der Waals surface area contributed by atoms with Gasteiger partial charge in [0.15, 0.2) is 5.78 Å². The molecule has 2 aliphatic rings. The van der Waals surface area contributed by atoms with E-state index in [0.717, 1.165) is 31.3 Å². The lowest BCUT2D eigenvalue weighted by atomic mass is 9.93. The van der Waals surface area contributed by atoms with Crippen LogP contribution in [0.25, 0.3) is 0 Å². The Kier molecular flexibility index (Phi) is 6.22. The summed E-state index contributed by atoms with van der Waals surface area (Å²) in [5.74, 6) is 0.0254. The highest BCUT2D eigenvalue weighted by Gasteiger charge is 2.36. The highest BCUT2D eigenvalue weighted by Crippen LogP contribution is 2.22. The number of nitrogens with zero attached hydrogens (tertiary/aromatic N) is 1. The Bertz CT molecular complexity index is 464. The van der Waals surface area contributed by atoms with Gasteiger partial charge in [0.2, 0.25) is 0 Å². The molecule has 0 saturated carbocycles. The van der Waals surface area contributed by atoms with E-state index in [0.29, 0.717) is 13.2 Å². The van der Waals surface area contributed by atoms with Crippen LogP contribution in [0.15, 0.2) is 11.6 Å².